The molecule has 0 atom stereocenters. The molecule has 3 aromatic heterocycles. The van der Waals surface area contributed by atoms with E-state index < -0.39 is 0 Å². The SMILES string of the molecule is CC.Cc1csc2c(NCc3cccs3)cc(Cl)nc12.NC1CCCC1. The Labute approximate surface area is 169 Å². The van der Waals surface area contributed by atoms with Crippen LogP contribution in [0.15, 0.2) is 29.0 Å². The van der Waals surface area contributed by atoms with E-state index in [0.29, 0.717) is 11.2 Å². The van der Waals surface area contributed by atoms with Crippen molar-refractivity contribution < 1.29 is 0 Å². The number of pyridine rings is 1. The number of hydrogen-bond donors (Lipinski definition) is 2. The topological polar surface area (TPSA) is 50.9 Å². The summed E-state index contributed by atoms with van der Waals surface area (Å²) in [5.41, 5.74) is 8.78. The van der Waals surface area contributed by atoms with Gasteiger partial charge in [0, 0.05) is 23.5 Å². The summed E-state index contributed by atoms with van der Waals surface area (Å²) < 4.78 is 1.17. The smallest absolute Gasteiger partial charge is 0.131 e. The van der Waals surface area contributed by atoms with Crippen molar-refractivity contribution in [2.75, 3.05) is 5.32 Å². The Balaban J connectivity index is 0.000000256. The first-order valence-electron chi connectivity index (χ1n) is 9.19. The summed E-state index contributed by atoms with van der Waals surface area (Å²) >= 11 is 9.52. The molecular formula is C20H28ClN3S2. The zero-order chi connectivity index (χ0) is 18.9. The molecule has 3 aromatic rings. The van der Waals surface area contributed by atoms with Crippen LogP contribution in [0.2, 0.25) is 5.15 Å². The van der Waals surface area contributed by atoms with E-state index in [4.69, 9.17) is 17.3 Å². The van der Waals surface area contributed by atoms with Crippen molar-refractivity contribution in [2.45, 2.75) is 59.0 Å². The Morgan fingerprint density at radius 2 is 2.00 bits per heavy atom. The fourth-order valence-electron chi connectivity index (χ4n) is 2.78. The van der Waals surface area contributed by atoms with Gasteiger partial charge in [-0.2, -0.15) is 0 Å². The molecule has 0 saturated heterocycles. The van der Waals surface area contributed by atoms with Gasteiger partial charge in [-0.05, 0) is 42.2 Å². The molecule has 26 heavy (non-hydrogen) atoms. The second-order valence-corrected chi connectivity index (χ2v) is 8.37. The summed E-state index contributed by atoms with van der Waals surface area (Å²) in [4.78, 5) is 5.69. The highest BCUT2D eigenvalue weighted by Gasteiger charge is 2.09. The third-order valence-electron chi connectivity index (χ3n) is 4.10. The van der Waals surface area contributed by atoms with Gasteiger partial charge in [-0.1, -0.05) is 44.4 Å². The second-order valence-electron chi connectivity index (χ2n) is 6.07. The van der Waals surface area contributed by atoms with E-state index in [1.165, 1.54) is 40.8 Å². The Kier molecular flexibility index (Phi) is 8.85. The molecule has 0 aromatic carbocycles. The molecule has 3 nitrogen and oxygen atoms in total. The number of rotatable bonds is 3. The summed E-state index contributed by atoms with van der Waals surface area (Å²) in [6, 6.07) is 6.63. The maximum Gasteiger partial charge on any atom is 0.131 e. The van der Waals surface area contributed by atoms with E-state index in [-0.39, 0.29) is 0 Å². The van der Waals surface area contributed by atoms with E-state index >= 15 is 0 Å². The number of anilines is 1. The Morgan fingerprint density at radius 3 is 2.58 bits per heavy atom. The third-order valence-corrected chi connectivity index (χ3v) is 6.29. The molecule has 0 radical (unpaired) electrons. The minimum absolute atomic E-state index is 0.540. The van der Waals surface area contributed by atoms with Crippen molar-refractivity contribution in [2.24, 2.45) is 5.73 Å². The van der Waals surface area contributed by atoms with Gasteiger partial charge in [-0.25, -0.2) is 4.98 Å². The highest BCUT2D eigenvalue weighted by atomic mass is 35.5. The molecule has 4 rings (SSSR count). The van der Waals surface area contributed by atoms with Crippen LogP contribution in [0.25, 0.3) is 10.2 Å². The molecule has 3 heterocycles. The average molecular weight is 410 g/mol. The van der Waals surface area contributed by atoms with E-state index in [1.54, 1.807) is 22.7 Å². The average Bonchev–Trinajstić information content (AvgIpc) is 3.39. The maximum absolute atomic E-state index is 6.07. The van der Waals surface area contributed by atoms with Crippen LogP contribution in [0.3, 0.4) is 0 Å². The molecule has 1 saturated carbocycles. The molecule has 0 aliphatic heterocycles. The van der Waals surface area contributed by atoms with Crippen LogP contribution in [0, 0.1) is 6.92 Å². The normalized spacial score (nSPS) is 13.7. The molecule has 1 fully saturated rings. The number of thiophene rings is 2. The van der Waals surface area contributed by atoms with Gasteiger partial charge in [0.15, 0.2) is 0 Å². The largest absolute Gasteiger partial charge is 0.379 e. The van der Waals surface area contributed by atoms with Crippen molar-refractivity contribution in [3.63, 3.8) is 0 Å². The minimum Gasteiger partial charge on any atom is -0.379 e. The number of hydrogen-bond acceptors (Lipinski definition) is 5. The van der Waals surface area contributed by atoms with Crippen molar-refractivity contribution in [1.29, 1.82) is 0 Å². The Bertz CT molecular complexity index is 778. The molecule has 0 amide bonds. The summed E-state index contributed by atoms with van der Waals surface area (Å²) in [6.45, 7) is 6.88. The maximum atomic E-state index is 6.07. The molecule has 3 N–H and O–H groups in total. The summed E-state index contributed by atoms with van der Waals surface area (Å²) in [7, 11) is 0. The molecule has 6 heteroatoms. The van der Waals surface area contributed by atoms with Crippen molar-refractivity contribution in [3.05, 3.63) is 44.6 Å². The fourth-order valence-corrected chi connectivity index (χ4v) is 4.60. The van der Waals surface area contributed by atoms with Crippen LogP contribution < -0.4 is 11.1 Å². The zero-order valence-electron chi connectivity index (χ0n) is 15.7. The number of halogens is 1. The number of nitrogens with one attached hydrogen (secondary N) is 1. The van der Waals surface area contributed by atoms with Gasteiger partial charge in [-0.15, -0.1) is 22.7 Å². The second kappa shape index (κ2) is 10.9. The number of aromatic nitrogens is 1. The van der Waals surface area contributed by atoms with Crippen LogP contribution in [-0.4, -0.2) is 11.0 Å². The highest BCUT2D eigenvalue weighted by molar-refractivity contribution is 7.18. The molecule has 0 unspecified atom stereocenters. The molecule has 1 aliphatic rings. The third kappa shape index (κ3) is 5.95. The van der Waals surface area contributed by atoms with Gasteiger partial charge >= 0.3 is 0 Å². The molecule has 142 valence electrons. The molecular weight excluding hydrogens is 382 g/mol. The fraction of sp³-hybridized carbons (Fsp3) is 0.450. The van der Waals surface area contributed by atoms with Crippen LogP contribution >= 0.6 is 34.3 Å². The van der Waals surface area contributed by atoms with Crippen LogP contribution in [0.5, 0.6) is 0 Å². The predicted molar refractivity (Wildman–Crippen MR) is 119 cm³/mol. The predicted octanol–water partition coefficient (Wildman–Crippen LogP) is 6.85. The lowest BCUT2D eigenvalue weighted by molar-refractivity contribution is 0.704. The lowest BCUT2D eigenvalue weighted by Crippen LogP contribution is -2.13. The van der Waals surface area contributed by atoms with Crippen molar-refractivity contribution in [1.82, 2.24) is 4.98 Å². The van der Waals surface area contributed by atoms with E-state index in [2.05, 4.69) is 40.1 Å². The van der Waals surface area contributed by atoms with E-state index in [1.807, 2.05) is 19.9 Å². The molecule has 0 spiro atoms. The van der Waals surface area contributed by atoms with Crippen molar-refractivity contribution >= 4 is 50.2 Å². The van der Waals surface area contributed by atoms with Crippen LogP contribution in [0.1, 0.15) is 50.0 Å². The summed E-state index contributed by atoms with van der Waals surface area (Å²) in [5, 5.41) is 8.18. The van der Waals surface area contributed by atoms with Gasteiger partial charge in [0.1, 0.15) is 5.15 Å². The lowest BCUT2D eigenvalue weighted by Gasteiger charge is -2.07. The van der Waals surface area contributed by atoms with Crippen LogP contribution in [-0.2, 0) is 6.54 Å². The standard InChI is InChI=1S/C13H11ClN2S2.C5H11N.C2H6/c1-8-7-18-13-10(5-11(14)16-12(8)13)15-6-9-3-2-4-17-9;6-5-3-1-2-4-5;1-2/h2-5,7H,6H2,1H3,(H,15,16);5H,1-4,6H2;1-2H3. The number of fused-ring (bicyclic) bond motifs is 1. The van der Waals surface area contributed by atoms with Gasteiger partial charge in [-0.3, -0.25) is 0 Å². The Hall–Kier alpha value is -1.14. The van der Waals surface area contributed by atoms with Gasteiger partial charge in [0.2, 0.25) is 0 Å². The number of aryl methyl sites for hydroxylation is 1. The first-order valence-corrected chi connectivity index (χ1v) is 11.3. The number of nitrogens with zero attached hydrogens (tertiary/aromatic N) is 1. The number of nitrogens with two attached hydrogens (primary N) is 1. The Morgan fingerprint density at radius 1 is 1.27 bits per heavy atom. The molecule has 0 bridgehead atoms. The summed E-state index contributed by atoms with van der Waals surface area (Å²) in [5.74, 6) is 0. The first kappa shape index (κ1) is 21.2. The van der Waals surface area contributed by atoms with Gasteiger partial charge < -0.3 is 11.1 Å². The quantitative estimate of drug-likeness (QED) is 0.465. The van der Waals surface area contributed by atoms with E-state index in [0.717, 1.165) is 17.7 Å². The van der Waals surface area contributed by atoms with Gasteiger partial charge in [0.05, 0.1) is 15.9 Å². The van der Waals surface area contributed by atoms with Gasteiger partial charge in [0.25, 0.3) is 0 Å². The van der Waals surface area contributed by atoms with Crippen LogP contribution in [0.4, 0.5) is 5.69 Å². The monoisotopic (exact) mass is 409 g/mol. The van der Waals surface area contributed by atoms with Crippen molar-refractivity contribution in [3.8, 4) is 0 Å². The summed E-state index contributed by atoms with van der Waals surface area (Å²) in [6.07, 6.45) is 5.25. The lowest BCUT2D eigenvalue weighted by atomic mass is 10.2. The minimum atomic E-state index is 0.540. The zero-order valence-corrected chi connectivity index (χ0v) is 18.1. The molecule has 1 aliphatic carbocycles. The van der Waals surface area contributed by atoms with E-state index in [9.17, 15) is 0 Å². The highest BCUT2D eigenvalue weighted by Crippen LogP contribution is 2.33. The first-order chi connectivity index (χ1) is 12.6.